The number of pyridine rings is 1. The average Bonchev–Trinajstić information content (AvgIpc) is 2.64. The first kappa shape index (κ1) is 20.6. The standard InChI is InChI=1S/C19H28N6O2/c1-13(2)11-15(19(26)22-7-4-10-27-3)23-17-12-16(20)24-18(25-17)14-5-8-21-9-6-14/h5-6,8-9,12-13,15H,4,7,10-11H2,1-3H3,(H,22,26)(H3,20,23,24,25)/t15-/m0/s1. The van der Waals surface area contributed by atoms with Crippen LogP contribution in [0, 0.1) is 5.92 Å². The number of anilines is 2. The molecule has 1 atom stereocenters. The summed E-state index contributed by atoms with van der Waals surface area (Å²) in [6, 6.07) is 4.85. The van der Waals surface area contributed by atoms with E-state index in [4.69, 9.17) is 10.5 Å². The Kier molecular flexibility index (Phi) is 7.94. The summed E-state index contributed by atoms with van der Waals surface area (Å²) in [5, 5.41) is 6.15. The highest BCUT2D eigenvalue weighted by Gasteiger charge is 2.20. The van der Waals surface area contributed by atoms with Gasteiger partial charge in [-0.25, -0.2) is 9.97 Å². The van der Waals surface area contributed by atoms with Gasteiger partial charge in [-0.05, 0) is 30.9 Å². The van der Waals surface area contributed by atoms with Crippen molar-refractivity contribution in [2.45, 2.75) is 32.7 Å². The number of rotatable bonds is 10. The van der Waals surface area contributed by atoms with Gasteiger partial charge in [-0.15, -0.1) is 0 Å². The van der Waals surface area contributed by atoms with E-state index < -0.39 is 6.04 Å². The minimum absolute atomic E-state index is 0.0672. The van der Waals surface area contributed by atoms with Gasteiger partial charge >= 0.3 is 0 Å². The molecule has 0 aliphatic carbocycles. The maximum absolute atomic E-state index is 12.6. The maximum atomic E-state index is 12.6. The predicted octanol–water partition coefficient (Wildman–Crippen LogP) is 2.10. The fourth-order valence-electron chi connectivity index (χ4n) is 2.60. The Morgan fingerprint density at radius 2 is 2.00 bits per heavy atom. The molecule has 1 amide bonds. The van der Waals surface area contributed by atoms with E-state index in [0.29, 0.717) is 43.0 Å². The largest absolute Gasteiger partial charge is 0.385 e. The van der Waals surface area contributed by atoms with E-state index in [1.807, 2.05) is 12.1 Å². The first-order chi connectivity index (χ1) is 13.0. The van der Waals surface area contributed by atoms with Gasteiger partial charge in [0, 0.05) is 44.3 Å². The number of amides is 1. The predicted molar refractivity (Wildman–Crippen MR) is 106 cm³/mol. The number of nitrogens with two attached hydrogens (primary N) is 1. The van der Waals surface area contributed by atoms with Gasteiger partial charge in [0.05, 0.1) is 0 Å². The third-order valence-corrected chi connectivity index (χ3v) is 3.85. The van der Waals surface area contributed by atoms with Crippen molar-refractivity contribution >= 4 is 17.5 Å². The van der Waals surface area contributed by atoms with Gasteiger partial charge in [0.15, 0.2) is 5.82 Å². The maximum Gasteiger partial charge on any atom is 0.242 e. The van der Waals surface area contributed by atoms with E-state index >= 15 is 0 Å². The molecule has 0 aliphatic rings. The summed E-state index contributed by atoms with van der Waals surface area (Å²) in [6.07, 6.45) is 4.78. The summed E-state index contributed by atoms with van der Waals surface area (Å²) in [5.74, 6) is 1.62. The molecule has 2 aromatic rings. The zero-order valence-electron chi connectivity index (χ0n) is 16.1. The van der Waals surface area contributed by atoms with Crippen molar-refractivity contribution in [3.8, 4) is 11.4 Å². The lowest BCUT2D eigenvalue weighted by atomic mass is 10.0. The molecule has 27 heavy (non-hydrogen) atoms. The highest BCUT2D eigenvalue weighted by Crippen LogP contribution is 2.19. The van der Waals surface area contributed by atoms with Gasteiger partial charge in [0.1, 0.15) is 17.7 Å². The second-order valence-electron chi connectivity index (χ2n) is 6.70. The van der Waals surface area contributed by atoms with Crippen LogP contribution in [0.3, 0.4) is 0 Å². The van der Waals surface area contributed by atoms with Crippen LogP contribution in [0.25, 0.3) is 11.4 Å². The molecule has 0 aromatic carbocycles. The summed E-state index contributed by atoms with van der Waals surface area (Å²) in [5.41, 5.74) is 6.75. The van der Waals surface area contributed by atoms with E-state index in [2.05, 4.69) is 39.4 Å². The highest BCUT2D eigenvalue weighted by molar-refractivity contribution is 5.84. The lowest BCUT2D eigenvalue weighted by Crippen LogP contribution is -2.41. The van der Waals surface area contributed by atoms with Crippen molar-refractivity contribution in [2.75, 3.05) is 31.3 Å². The summed E-state index contributed by atoms with van der Waals surface area (Å²) in [6.45, 7) is 5.32. The molecule has 2 heterocycles. The Hall–Kier alpha value is -2.74. The topological polar surface area (TPSA) is 115 Å². The van der Waals surface area contributed by atoms with Crippen LogP contribution >= 0.6 is 0 Å². The Morgan fingerprint density at radius 3 is 2.67 bits per heavy atom. The van der Waals surface area contributed by atoms with Crippen molar-refractivity contribution < 1.29 is 9.53 Å². The molecule has 0 radical (unpaired) electrons. The fraction of sp³-hybridized carbons (Fsp3) is 0.474. The molecule has 8 nitrogen and oxygen atoms in total. The quantitative estimate of drug-likeness (QED) is 0.547. The number of ether oxygens (including phenoxy) is 1. The molecular weight excluding hydrogens is 344 g/mol. The second kappa shape index (κ2) is 10.4. The molecule has 0 aliphatic heterocycles. The Morgan fingerprint density at radius 1 is 1.26 bits per heavy atom. The summed E-state index contributed by atoms with van der Waals surface area (Å²) >= 11 is 0. The van der Waals surface area contributed by atoms with Crippen molar-refractivity contribution in [1.82, 2.24) is 20.3 Å². The normalized spacial score (nSPS) is 12.0. The van der Waals surface area contributed by atoms with E-state index in [1.165, 1.54) is 0 Å². The summed E-state index contributed by atoms with van der Waals surface area (Å²) < 4.78 is 5.01. The number of nitrogen functional groups attached to an aromatic ring is 1. The second-order valence-corrected chi connectivity index (χ2v) is 6.70. The molecule has 0 saturated carbocycles. The average molecular weight is 372 g/mol. The SMILES string of the molecule is COCCCNC(=O)[C@H](CC(C)C)Nc1cc(N)nc(-c2ccncc2)n1. The lowest BCUT2D eigenvalue weighted by Gasteiger charge is -2.21. The van der Waals surface area contributed by atoms with Gasteiger partial charge in [-0.1, -0.05) is 13.8 Å². The lowest BCUT2D eigenvalue weighted by molar-refractivity contribution is -0.122. The monoisotopic (exact) mass is 372 g/mol. The molecule has 0 fully saturated rings. The van der Waals surface area contributed by atoms with Gasteiger partial charge < -0.3 is 21.1 Å². The van der Waals surface area contributed by atoms with E-state index in [1.54, 1.807) is 25.6 Å². The van der Waals surface area contributed by atoms with E-state index in [-0.39, 0.29) is 5.91 Å². The number of hydrogen-bond donors (Lipinski definition) is 3. The number of nitrogens with zero attached hydrogens (tertiary/aromatic N) is 3. The molecule has 2 rings (SSSR count). The molecule has 8 heteroatoms. The molecule has 0 bridgehead atoms. The van der Waals surface area contributed by atoms with Crippen molar-refractivity contribution in [1.29, 1.82) is 0 Å². The number of carbonyl (C=O) groups is 1. The smallest absolute Gasteiger partial charge is 0.242 e. The molecule has 4 N–H and O–H groups in total. The van der Waals surface area contributed by atoms with Gasteiger partial charge in [-0.3, -0.25) is 9.78 Å². The van der Waals surface area contributed by atoms with Gasteiger partial charge in [-0.2, -0.15) is 0 Å². The number of methoxy groups -OCH3 is 1. The first-order valence-electron chi connectivity index (χ1n) is 9.07. The third kappa shape index (κ3) is 6.82. The van der Waals surface area contributed by atoms with E-state index in [9.17, 15) is 4.79 Å². The highest BCUT2D eigenvalue weighted by atomic mass is 16.5. The first-order valence-corrected chi connectivity index (χ1v) is 9.07. The molecule has 0 unspecified atom stereocenters. The minimum atomic E-state index is -0.410. The molecule has 2 aromatic heterocycles. The minimum Gasteiger partial charge on any atom is -0.385 e. The number of nitrogens with one attached hydrogen (secondary N) is 2. The van der Waals surface area contributed by atoms with Crippen LogP contribution < -0.4 is 16.4 Å². The number of aromatic nitrogens is 3. The van der Waals surface area contributed by atoms with Crippen LogP contribution in [0.2, 0.25) is 0 Å². The Labute approximate surface area is 160 Å². The number of hydrogen-bond acceptors (Lipinski definition) is 7. The van der Waals surface area contributed by atoms with Crippen LogP contribution in [0.4, 0.5) is 11.6 Å². The zero-order valence-corrected chi connectivity index (χ0v) is 16.1. The molecule has 0 saturated heterocycles. The number of carbonyl (C=O) groups excluding carboxylic acids is 1. The molecule has 146 valence electrons. The van der Waals surface area contributed by atoms with Crippen molar-refractivity contribution in [3.05, 3.63) is 30.6 Å². The van der Waals surface area contributed by atoms with Gasteiger partial charge in [0.25, 0.3) is 0 Å². The van der Waals surface area contributed by atoms with E-state index in [0.717, 1.165) is 12.0 Å². The molecular formula is C19H28N6O2. The van der Waals surface area contributed by atoms with Crippen LogP contribution in [-0.2, 0) is 9.53 Å². The van der Waals surface area contributed by atoms with Crippen LogP contribution in [-0.4, -0.2) is 47.2 Å². The van der Waals surface area contributed by atoms with Crippen LogP contribution in [0.5, 0.6) is 0 Å². The zero-order chi connectivity index (χ0) is 19.6. The summed E-state index contributed by atoms with van der Waals surface area (Å²) in [7, 11) is 1.64. The Bertz CT molecular complexity index is 723. The molecule has 0 spiro atoms. The van der Waals surface area contributed by atoms with Crippen LogP contribution in [0.1, 0.15) is 26.7 Å². The Balaban J connectivity index is 2.14. The van der Waals surface area contributed by atoms with Crippen LogP contribution in [0.15, 0.2) is 30.6 Å². The van der Waals surface area contributed by atoms with Crippen molar-refractivity contribution in [2.24, 2.45) is 5.92 Å². The van der Waals surface area contributed by atoms with Crippen molar-refractivity contribution in [3.63, 3.8) is 0 Å². The fourth-order valence-corrected chi connectivity index (χ4v) is 2.60. The third-order valence-electron chi connectivity index (χ3n) is 3.85. The summed E-state index contributed by atoms with van der Waals surface area (Å²) in [4.78, 5) is 25.4. The van der Waals surface area contributed by atoms with Gasteiger partial charge in [0.2, 0.25) is 5.91 Å².